The van der Waals surface area contributed by atoms with Crippen molar-refractivity contribution in [2.45, 2.75) is 37.7 Å². The monoisotopic (exact) mass is 314 g/mol. The van der Waals surface area contributed by atoms with E-state index in [-0.39, 0.29) is 11.4 Å². The molecule has 5 nitrogen and oxygen atoms in total. The highest BCUT2D eigenvalue weighted by Gasteiger charge is 2.41. The van der Waals surface area contributed by atoms with E-state index in [4.69, 9.17) is 0 Å². The van der Waals surface area contributed by atoms with Crippen LogP contribution in [0.15, 0.2) is 16.8 Å². The molecule has 2 amide bonds. The van der Waals surface area contributed by atoms with Gasteiger partial charge in [-0.3, -0.25) is 4.90 Å². The van der Waals surface area contributed by atoms with E-state index < -0.39 is 12.0 Å². The summed E-state index contributed by atoms with van der Waals surface area (Å²) in [6.45, 7) is 2.48. The predicted octanol–water partition coefficient (Wildman–Crippen LogP) is 2.59. The Morgan fingerprint density at radius 2 is 2.35 bits per heavy atom. The third-order valence-electron chi connectivity index (χ3n) is 3.17. The number of hydrogen-bond acceptors (Lipinski definition) is 4. The van der Waals surface area contributed by atoms with Gasteiger partial charge < -0.3 is 10.4 Å². The fourth-order valence-electron chi connectivity index (χ4n) is 2.16. The second-order valence-electron chi connectivity index (χ2n) is 4.63. The van der Waals surface area contributed by atoms with Gasteiger partial charge in [0, 0.05) is 12.3 Å². The van der Waals surface area contributed by atoms with Crippen molar-refractivity contribution < 1.29 is 14.7 Å². The van der Waals surface area contributed by atoms with Crippen LogP contribution in [0.5, 0.6) is 0 Å². The third-order valence-corrected chi connectivity index (χ3v) is 5.26. The van der Waals surface area contributed by atoms with Crippen LogP contribution < -0.4 is 5.32 Å². The number of carbonyl (C=O) groups excluding carboxylic acids is 1. The molecule has 2 rings (SSSR count). The second kappa shape index (κ2) is 6.99. The van der Waals surface area contributed by atoms with Crippen LogP contribution in [0.2, 0.25) is 0 Å². The SMILES string of the molecule is CCCC1SCC(C(=O)O)N1C(=O)NCc1ccsc1. The number of amides is 2. The number of rotatable bonds is 5. The molecule has 0 aliphatic carbocycles. The highest BCUT2D eigenvalue weighted by molar-refractivity contribution is 8.00. The second-order valence-corrected chi connectivity index (χ2v) is 6.62. The molecule has 0 radical (unpaired) electrons. The standard InChI is InChI=1S/C13H18N2O3S2/c1-2-3-11-15(10(8-20-11)12(16)17)13(18)14-6-9-4-5-19-7-9/h4-5,7,10-11H,2-3,6,8H2,1H3,(H,14,18)(H,16,17). The minimum atomic E-state index is -0.929. The molecule has 1 aliphatic rings. The van der Waals surface area contributed by atoms with E-state index in [1.165, 1.54) is 4.90 Å². The Morgan fingerprint density at radius 3 is 2.95 bits per heavy atom. The summed E-state index contributed by atoms with van der Waals surface area (Å²) in [5.74, 6) is -0.465. The number of aliphatic carboxylic acids is 1. The maximum absolute atomic E-state index is 12.3. The van der Waals surface area contributed by atoms with Gasteiger partial charge in [-0.1, -0.05) is 13.3 Å². The Balaban J connectivity index is 2.00. The number of hydrogen-bond donors (Lipinski definition) is 2. The van der Waals surface area contributed by atoms with Gasteiger partial charge in [0.2, 0.25) is 0 Å². The zero-order chi connectivity index (χ0) is 14.5. The first-order valence-corrected chi connectivity index (χ1v) is 8.54. The summed E-state index contributed by atoms with van der Waals surface area (Å²) < 4.78 is 0. The van der Waals surface area contributed by atoms with Crippen molar-refractivity contribution in [1.29, 1.82) is 0 Å². The summed E-state index contributed by atoms with van der Waals surface area (Å²) in [4.78, 5) is 25.0. The number of carboxylic acid groups (broad SMARTS) is 1. The highest BCUT2D eigenvalue weighted by Crippen LogP contribution is 2.32. The van der Waals surface area contributed by atoms with Crippen molar-refractivity contribution in [3.63, 3.8) is 0 Å². The molecule has 2 heterocycles. The predicted molar refractivity (Wildman–Crippen MR) is 81.0 cm³/mol. The van der Waals surface area contributed by atoms with Crippen molar-refractivity contribution in [2.75, 3.05) is 5.75 Å². The van der Waals surface area contributed by atoms with Gasteiger partial charge in [-0.15, -0.1) is 11.8 Å². The van der Waals surface area contributed by atoms with Crippen molar-refractivity contribution in [1.82, 2.24) is 10.2 Å². The van der Waals surface area contributed by atoms with E-state index >= 15 is 0 Å². The molecule has 0 saturated carbocycles. The van der Waals surface area contributed by atoms with Crippen molar-refractivity contribution in [3.05, 3.63) is 22.4 Å². The first kappa shape index (κ1) is 15.2. The quantitative estimate of drug-likeness (QED) is 0.876. The van der Waals surface area contributed by atoms with Crippen LogP contribution in [-0.4, -0.2) is 39.2 Å². The molecule has 0 aromatic carbocycles. The van der Waals surface area contributed by atoms with E-state index in [1.807, 2.05) is 23.8 Å². The number of thiophene rings is 1. The minimum absolute atomic E-state index is 0.0384. The van der Waals surface area contributed by atoms with Crippen LogP contribution in [0.4, 0.5) is 4.79 Å². The van der Waals surface area contributed by atoms with Crippen molar-refractivity contribution in [3.8, 4) is 0 Å². The van der Waals surface area contributed by atoms with E-state index in [2.05, 4.69) is 5.32 Å². The lowest BCUT2D eigenvalue weighted by Crippen LogP contribution is -2.49. The van der Waals surface area contributed by atoms with Crippen LogP contribution in [-0.2, 0) is 11.3 Å². The average molecular weight is 314 g/mol. The fourth-order valence-corrected chi connectivity index (χ4v) is 4.34. The summed E-state index contributed by atoms with van der Waals surface area (Å²) in [7, 11) is 0. The number of urea groups is 1. The van der Waals surface area contributed by atoms with E-state index in [9.17, 15) is 14.7 Å². The van der Waals surface area contributed by atoms with Gasteiger partial charge >= 0.3 is 12.0 Å². The van der Waals surface area contributed by atoms with Crippen LogP contribution >= 0.6 is 23.1 Å². The van der Waals surface area contributed by atoms with Gasteiger partial charge in [-0.25, -0.2) is 9.59 Å². The summed E-state index contributed by atoms with van der Waals surface area (Å²) in [6, 6.07) is 0.938. The van der Waals surface area contributed by atoms with Crippen molar-refractivity contribution in [2.24, 2.45) is 0 Å². The largest absolute Gasteiger partial charge is 0.480 e. The first-order chi connectivity index (χ1) is 9.63. The maximum atomic E-state index is 12.3. The Hall–Kier alpha value is -1.21. The number of nitrogens with zero attached hydrogens (tertiary/aromatic N) is 1. The molecule has 1 aromatic heterocycles. The lowest BCUT2D eigenvalue weighted by atomic mass is 10.2. The summed E-state index contributed by atoms with van der Waals surface area (Å²) in [6.07, 6.45) is 1.75. The molecule has 0 spiro atoms. The van der Waals surface area contributed by atoms with Crippen LogP contribution in [0.3, 0.4) is 0 Å². The van der Waals surface area contributed by atoms with Gasteiger partial charge in [0.05, 0.1) is 5.37 Å². The van der Waals surface area contributed by atoms with E-state index in [0.717, 1.165) is 18.4 Å². The molecular formula is C13H18N2O3S2. The highest BCUT2D eigenvalue weighted by atomic mass is 32.2. The van der Waals surface area contributed by atoms with Gasteiger partial charge in [0.25, 0.3) is 0 Å². The van der Waals surface area contributed by atoms with Crippen LogP contribution in [0, 0.1) is 0 Å². The fraction of sp³-hybridized carbons (Fsp3) is 0.538. The Morgan fingerprint density at radius 1 is 1.55 bits per heavy atom. The Bertz CT molecular complexity index is 464. The Kier molecular flexibility index (Phi) is 5.31. The maximum Gasteiger partial charge on any atom is 0.327 e. The van der Waals surface area contributed by atoms with Gasteiger partial charge in [-0.05, 0) is 28.8 Å². The lowest BCUT2D eigenvalue weighted by molar-refractivity contribution is -0.141. The third kappa shape index (κ3) is 3.46. The molecule has 1 aliphatic heterocycles. The number of nitrogens with one attached hydrogen (secondary N) is 1. The molecule has 7 heteroatoms. The summed E-state index contributed by atoms with van der Waals surface area (Å²) >= 11 is 3.12. The van der Waals surface area contributed by atoms with Crippen LogP contribution in [0.1, 0.15) is 25.3 Å². The number of carbonyl (C=O) groups is 2. The molecule has 2 unspecified atom stereocenters. The summed E-state index contributed by atoms with van der Waals surface area (Å²) in [5, 5.41) is 15.9. The first-order valence-electron chi connectivity index (χ1n) is 6.55. The topological polar surface area (TPSA) is 69.6 Å². The van der Waals surface area contributed by atoms with Gasteiger partial charge in [0.1, 0.15) is 6.04 Å². The van der Waals surface area contributed by atoms with Crippen LogP contribution in [0.25, 0.3) is 0 Å². The van der Waals surface area contributed by atoms with Crippen molar-refractivity contribution >= 4 is 35.1 Å². The molecular weight excluding hydrogens is 296 g/mol. The molecule has 110 valence electrons. The minimum Gasteiger partial charge on any atom is -0.480 e. The molecule has 1 fully saturated rings. The lowest BCUT2D eigenvalue weighted by Gasteiger charge is -2.27. The normalized spacial score (nSPS) is 21.9. The molecule has 1 saturated heterocycles. The van der Waals surface area contributed by atoms with Gasteiger partial charge in [-0.2, -0.15) is 11.3 Å². The zero-order valence-electron chi connectivity index (χ0n) is 11.2. The van der Waals surface area contributed by atoms with E-state index in [1.54, 1.807) is 23.1 Å². The molecule has 1 aromatic rings. The molecule has 2 atom stereocenters. The number of carboxylic acids is 1. The molecule has 2 N–H and O–H groups in total. The smallest absolute Gasteiger partial charge is 0.327 e. The van der Waals surface area contributed by atoms with Gasteiger partial charge in [0.15, 0.2) is 0 Å². The molecule has 0 bridgehead atoms. The summed E-state index contributed by atoms with van der Waals surface area (Å²) in [5.41, 5.74) is 1.04. The molecule has 20 heavy (non-hydrogen) atoms. The zero-order valence-corrected chi connectivity index (χ0v) is 12.9. The van der Waals surface area contributed by atoms with E-state index in [0.29, 0.717) is 12.3 Å². The average Bonchev–Trinajstić information content (AvgIpc) is 3.05. The number of thioether (sulfide) groups is 1. The Labute approximate surface area is 126 Å².